The van der Waals surface area contributed by atoms with Gasteiger partial charge in [0, 0.05) is 19.3 Å². The molecule has 0 bridgehead atoms. The zero-order valence-electron chi connectivity index (χ0n) is 10.0. The number of carbonyl (C=O) groups is 1. The molecule has 1 amide bonds. The molecule has 0 aromatic carbocycles. The molecule has 0 unspecified atom stereocenters. The van der Waals surface area contributed by atoms with Crippen molar-refractivity contribution in [2.24, 2.45) is 7.05 Å². The Hall–Kier alpha value is -1.76. The molecule has 86 valence electrons. The van der Waals surface area contributed by atoms with E-state index < -0.39 is 0 Å². The molecule has 1 aromatic rings. The van der Waals surface area contributed by atoms with Gasteiger partial charge in [0.2, 0.25) is 0 Å². The Balaban J connectivity index is 2.91. The molecule has 0 aliphatic carbocycles. The van der Waals surface area contributed by atoms with Crippen molar-refractivity contribution >= 4 is 5.91 Å². The first-order valence-electron chi connectivity index (χ1n) is 5.33. The summed E-state index contributed by atoms with van der Waals surface area (Å²) in [7, 11) is 1.82. The number of hydrogen-bond donors (Lipinski definition) is 0. The van der Waals surface area contributed by atoms with Gasteiger partial charge in [0.25, 0.3) is 5.91 Å². The summed E-state index contributed by atoms with van der Waals surface area (Å²) in [6, 6.07) is 0. The van der Waals surface area contributed by atoms with Crippen LogP contribution < -0.4 is 0 Å². The summed E-state index contributed by atoms with van der Waals surface area (Å²) >= 11 is 0. The van der Waals surface area contributed by atoms with Crippen LogP contribution in [0.1, 0.15) is 29.4 Å². The fourth-order valence-corrected chi connectivity index (χ4v) is 1.51. The molecule has 0 spiro atoms. The summed E-state index contributed by atoms with van der Waals surface area (Å²) in [4.78, 5) is 13.8. The van der Waals surface area contributed by atoms with Gasteiger partial charge in [-0.2, -0.15) is 5.10 Å². The van der Waals surface area contributed by atoms with Gasteiger partial charge < -0.3 is 4.90 Å². The number of rotatable bonds is 4. The zero-order valence-corrected chi connectivity index (χ0v) is 10.0. The van der Waals surface area contributed by atoms with Crippen molar-refractivity contribution in [2.75, 3.05) is 13.1 Å². The Morgan fingerprint density at radius 3 is 2.81 bits per heavy atom. The van der Waals surface area contributed by atoms with Crippen LogP contribution in [0.4, 0.5) is 0 Å². The first kappa shape index (κ1) is 12.3. The van der Waals surface area contributed by atoms with Gasteiger partial charge in [-0.05, 0) is 13.3 Å². The second kappa shape index (κ2) is 5.36. The van der Waals surface area contributed by atoms with Crippen LogP contribution in [0.15, 0.2) is 6.20 Å². The average molecular weight is 219 g/mol. The minimum atomic E-state index is -0.0367. The largest absolute Gasteiger partial charge is 0.327 e. The highest BCUT2D eigenvalue weighted by molar-refractivity contribution is 5.95. The monoisotopic (exact) mass is 219 g/mol. The maximum Gasteiger partial charge on any atom is 0.258 e. The van der Waals surface area contributed by atoms with Crippen molar-refractivity contribution in [3.8, 4) is 12.3 Å². The van der Waals surface area contributed by atoms with Gasteiger partial charge in [-0.25, -0.2) is 0 Å². The molecule has 0 N–H and O–H groups in total. The number of nitrogens with zero attached hydrogens (tertiary/aromatic N) is 3. The Morgan fingerprint density at radius 2 is 2.38 bits per heavy atom. The van der Waals surface area contributed by atoms with Gasteiger partial charge in [-0.3, -0.25) is 9.48 Å². The van der Waals surface area contributed by atoms with E-state index in [0.29, 0.717) is 18.7 Å². The first-order valence-corrected chi connectivity index (χ1v) is 5.33. The standard InChI is InChI=1S/C12H17N3O/c1-5-7-15(8-6-2)12(16)11-9-13-14(4)10(11)3/h1,9H,6-8H2,2-4H3. The predicted molar refractivity (Wildman–Crippen MR) is 63.0 cm³/mol. The highest BCUT2D eigenvalue weighted by atomic mass is 16.2. The van der Waals surface area contributed by atoms with Crippen molar-refractivity contribution < 1.29 is 4.79 Å². The molecule has 0 saturated heterocycles. The molecule has 0 atom stereocenters. The summed E-state index contributed by atoms with van der Waals surface area (Å²) in [5, 5.41) is 4.06. The molecule has 0 aliphatic heterocycles. The maximum absolute atomic E-state index is 12.1. The fraction of sp³-hybridized carbons (Fsp3) is 0.500. The van der Waals surface area contributed by atoms with Crippen LogP contribution in [0.3, 0.4) is 0 Å². The predicted octanol–water partition coefficient (Wildman–Crippen LogP) is 1.21. The lowest BCUT2D eigenvalue weighted by Crippen LogP contribution is -2.32. The lowest BCUT2D eigenvalue weighted by Gasteiger charge is -2.18. The number of hydrogen-bond acceptors (Lipinski definition) is 2. The van der Waals surface area contributed by atoms with Crippen LogP contribution in [-0.4, -0.2) is 33.7 Å². The van der Waals surface area contributed by atoms with Crippen molar-refractivity contribution in [1.29, 1.82) is 0 Å². The minimum Gasteiger partial charge on any atom is -0.327 e. The summed E-state index contributed by atoms with van der Waals surface area (Å²) in [5.74, 6) is 2.47. The van der Waals surface area contributed by atoms with Gasteiger partial charge in [0.05, 0.1) is 18.3 Å². The molecule has 4 heteroatoms. The van der Waals surface area contributed by atoms with Crippen LogP contribution in [0.2, 0.25) is 0 Å². The highest BCUT2D eigenvalue weighted by Gasteiger charge is 2.18. The fourth-order valence-electron chi connectivity index (χ4n) is 1.51. The molecular weight excluding hydrogens is 202 g/mol. The summed E-state index contributed by atoms with van der Waals surface area (Å²) < 4.78 is 1.69. The smallest absolute Gasteiger partial charge is 0.258 e. The highest BCUT2D eigenvalue weighted by Crippen LogP contribution is 2.09. The summed E-state index contributed by atoms with van der Waals surface area (Å²) in [6.45, 7) is 4.92. The SMILES string of the molecule is C#CCN(CCC)C(=O)c1cnn(C)c1C. The lowest BCUT2D eigenvalue weighted by molar-refractivity contribution is 0.0776. The Labute approximate surface area is 96.2 Å². The van der Waals surface area contributed by atoms with Crippen LogP contribution in [0.5, 0.6) is 0 Å². The number of aryl methyl sites for hydroxylation is 1. The third kappa shape index (κ3) is 2.43. The minimum absolute atomic E-state index is 0.0367. The Bertz CT molecular complexity index is 414. The van der Waals surface area contributed by atoms with E-state index in [0.717, 1.165) is 12.1 Å². The molecule has 1 aromatic heterocycles. The van der Waals surface area contributed by atoms with Crippen LogP contribution in [0.25, 0.3) is 0 Å². The number of amides is 1. The van der Waals surface area contributed by atoms with E-state index in [4.69, 9.17) is 6.42 Å². The quantitative estimate of drug-likeness (QED) is 0.714. The van der Waals surface area contributed by atoms with E-state index in [2.05, 4.69) is 11.0 Å². The average Bonchev–Trinajstić information content (AvgIpc) is 2.59. The maximum atomic E-state index is 12.1. The van der Waals surface area contributed by atoms with Gasteiger partial charge in [-0.1, -0.05) is 12.8 Å². The van der Waals surface area contributed by atoms with E-state index in [1.807, 2.05) is 20.9 Å². The second-order valence-electron chi connectivity index (χ2n) is 3.70. The van der Waals surface area contributed by atoms with Crippen molar-refractivity contribution in [3.05, 3.63) is 17.5 Å². The summed E-state index contributed by atoms with van der Waals surface area (Å²) in [5.41, 5.74) is 1.49. The molecule has 0 fully saturated rings. The van der Waals surface area contributed by atoms with Gasteiger partial charge in [0.15, 0.2) is 0 Å². The van der Waals surface area contributed by atoms with Gasteiger partial charge >= 0.3 is 0 Å². The molecule has 1 rings (SSSR count). The first-order chi connectivity index (χ1) is 7.61. The van der Waals surface area contributed by atoms with Gasteiger partial charge in [0.1, 0.15) is 0 Å². The van der Waals surface area contributed by atoms with Crippen molar-refractivity contribution in [2.45, 2.75) is 20.3 Å². The molecule has 0 aliphatic rings. The number of terminal acetylenes is 1. The number of aromatic nitrogens is 2. The molecule has 16 heavy (non-hydrogen) atoms. The van der Waals surface area contributed by atoms with E-state index >= 15 is 0 Å². The molecule has 4 nitrogen and oxygen atoms in total. The molecular formula is C12H17N3O. The Morgan fingerprint density at radius 1 is 1.69 bits per heavy atom. The van der Waals surface area contributed by atoms with E-state index in [1.165, 1.54) is 0 Å². The van der Waals surface area contributed by atoms with Gasteiger partial charge in [-0.15, -0.1) is 6.42 Å². The summed E-state index contributed by atoms with van der Waals surface area (Å²) in [6.07, 6.45) is 7.74. The third-order valence-electron chi connectivity index (χ3n) is 2.53. The van der Waals surface area contributed by atoms with E-state index in [1.54, 1.807) is 15.8 Å². The zero-order chi connectivity index (χ0) is 12.1. The lowest BCUT2D eigenvalue weighted by atomic mass is 10.2. The van der Waals surface area contributed by atoms with Crippen molar-refractivity contribution in [3.63, 3.8) is 0 Å². The molecule has 0 saturated carbocycles. The third-order valence-corrected chi connectivity index (χ3v) is 2.53. The molecule has 1 heterocycles. The van der Waals surface area contributed by atoms with E-state index in [-0.39, 0.29) is 5.91 Å². The van der Waals surface area contributed by atoms with Crippen molar-refractivity contribution in [1.82, 2.24) is 14.7 Å². The second-order valence-corrected chi connectivity index (χ2v) is 3.70. The number of carbonyl (C=O) groups excluding carboxylic acids is 1. The van der Waals surface area contributed by atoms with Crippen LogP contribution in [0, 0.1) is 19.3 Å². The topological polar surface area (TPSA) is 38.1 Å². The Kier molecular flexibility index (Phi) is 4.12. The normalized spacial score (nSPS) is 9.88. The van der Waals surface area contributed by atoms with Crippen LogP contribution in [-0.2, 0) is 7.05 Å². The van der Waals surface area contributed by atoms with Crippen LogP contribution >= 0.6 is 0 Å². The molecule has 0 radical (unpaired) electrons. The van der Waals surface area contributed by atoms with E-state index in [9.17, 15) is 4.79 Å².